The van der Waals surface area contributed by atoms with Crippen LogP contribution in [0.25, 0.3) is 0 Å². The number of hydrogen-bond acceptors (Lipinski definition) is 3. The summed E-state index contributed by atoms with van der Waals surface area (Å²) in [4.78, 5) is 14.4. The molecule has 116 valence electrons. The fourth-order valence-electron chi connectivity index (χ4n) is 2.79. The van der Waals surface area contributed by atoms with Gasteiger partial charge in [-0.25, -0.2) is 0 Å². The lowest BCUT2D eigenvalue weighted by Crippen LogP contribution is -2.48. The van der Waals surface area contributed by atoms with Crippen molar-refractivity contribution in [2.45, 2.75) is 44.7 Å². The highest BCUT2D eigenvalue weighted by Crippen LogP contribution is 2.10. The Kier molecular flexibility index (Phi) is 6.21. The van der Waals surface area contributed by atoms with Crippen molar-refractivity contribution in [3.05, 3.63) is 35.9 Å². The molecule has 1 heterocycles. The van der Waals surface area contributed by atoms with Crippen molar-refractivity contribution in [1.29, 1.82) is 0 Å². The van der Waals surface area contributed by atoms with E-state index in [4.69, 9.17) is 5.73 Å². The van der Waals surface area contributed by atoms with Crippen LogP contribution in [0.4, 0.5) is 0 Å². The molecule has 0 radical (unpaired) electrons. The maximum Gasteiger partial charge on any atom is 0.239 e. The van der Waals surface area contributed by atoms with Gasteiger partial charge in [-0.2, -0.15) is 0 Å². The first kappa shape index (κ1) is 16.0. The standard InChI is InChI=1S/C17H27N3O/c1-2-16(18)17(21)20(13-15-9-6-11-19-15)12-10-14-7-4-3-5-8-14/h3-5,7-8,15-16,19H,2,6,9-13,18H2,1H3/t15-,16+/m0/s1. The van der Waals surface area contributed by atoms with Crippen LogP contribution in [0.5, 0.6) is 0 Å². The molecule has 1 saturated heterocycles. The minimum absolute atomic E-state index is 0.0853. The van der Waals surface area contributed by atoms with Crippen molar-refractivity contribution in [1.82, 2.24) is 10.2 Å². The van der Waals surface area contributed by atoms with Crippen LogP contribution in [-0.2, 0) is 11.2 Å². The first-order chi connectivity index (χ1) is 10.2. The zero-order valence-corrected chi connectivity index (χ0v) is 12.9. The highest BCUT2D eigenvalue weighted by atomic mass is 16.2. The lowest BCUT2D eigenvalue weighted by molar-refractivity contribution is -0.133. The Hall–Kier alpha value is -1.39. The van der Waals surface area contributed by atoms with E-state index in [1.54, 1.807) is 0 Å². The summed E-state index contributed by atoms with van der Waals surface area (Å²) < 4.78 is 0. The summed E-state index contributed by atoms with van der Waals surface area (Å²) in [5, 5.41) is 3.46. The normalized spacial score (nSPS) is 19.4. The van der Waals surface area contributed by atoms with Gasteiger partial charge in [0.2, 0.25) is 5.91 Å². The first-order valence-corrected chi connectivity index (χ1v) is 8.02. The summed E-state index contributed by atoms with van der Waals surface area (Å²) >= 11 is 0. The smallest absolute Gasteiger partial charge is 0.239 e. The SMILES string of the molecule is CC[C@@H](N)C(=O)N(CCc1ccccc1)C[C@@H]1CCCN1. The number of nitrogens with two attached hydrogens (primary N) is 1. The lowest BCUT2D eigenvalue weighted by Gasteiger charge is -2.28. The predicted octanol–water partition coefficient (Wildman–Crippen LogP) is 1.55. The predicted molar refractivity (Wildman–Crippen MR) is 86.0 cm³/mol. The van der Waals surface area contributed by atoms with E-state index in [2.05, 4.69) is 17.4 Å². The summed E-state index contributed by atoms with van der Waals surface area (Å²) in [7, 11) is 0. The molecular formula is C17H27N3O. The number of nitrogens with zero attached hydrogens (tertiary/aromatic N) is 1. The van der Waals surface area contributed by atoms with Gasteiger partial charge in [0.25, 0.3) is 0 Å². The van der Waals surface area contributed by atoms with Gasteiger partial charge in [-0.3, -0.25) is 4.79 Å². The van der Waals surface area contributed by atoms with Gasteiger partial charge in [0.05, 0.1) is 6.04 Å². The molecule has 21 heavy (non-hydrogen) atoms. The van der Waals surface area contributed by atoms with E-state index in [0.717, 1.165) is 32.5 Å². The van der Waals surface area contributed by atoms with Crippen LogP contribution in [0.1, 0.15) is 31.7 Å². The summed E-state index contributed by atoms with van der Waals surface area (Å²) in [6.45, 7) is 4.55. The van der Waals surface area contributed by atoms with Crippen LogP contribution in [0, 0.1) is 0 Å². The van der Waals surface area contributed by atoms with Gasteiger partial charge in [0, 0.05) is 19.1 Å². The Labute approximate surface area is 127 Å². The molecule has 3 N–H and O–H groups in total. The Morgan fingerprint density at radius 1 is 1.43 bits per heavy atom. The topological polar surface area (TPSA) is 58.4 Å². The van der Waals surface area contributed by atoms with Gasteiger partial charge < -0.3 is 16.0 Å². The number of amides is 1. The van der Waals surface area contributed by atoms with E-state index in [0.29, 0.717) is 12.5 Å². The minimum Gasteiger partial charge on any atom is -0.339 e. The third-order valence-corrected chi connectivity index (χ3v) is 4.19. The molecule has 0 aliphatic carbocycles. The summed E-state index contributed by atoms with van der Waals surface area (Å²) in [6, 6.07) is 10.4. The molecule has 1 amide bonds. The van der Waals surface area contributed by atoms with Crippen molar-refractivity contribution < 1.29 is 4.79 Å². The van der Waals surface area contributed by atoms with Crippen LogP contribution in [0.2, 0.25) is 0 Å². The first-order valence-electron chi connectivity index (χ1n) is 8.02. The van der Waals surface area contributed by atoms with E-state index >= 15 is 0 Å². The molecule has 0 bridgehead atoms. The van der Waals surface area contributed by atoms with Crippen LogP contribution < -0.4 is 11.1 Å². The van der Waals surface area contributed by atoms with Crippen molar-refractivity contribution in [2.75, 3.05) is 19.6 Å². The quantitative estimate of drug-likeness (QED) is 0.800. The fraction of sp³-hybridized carbons (Fsp3) is 0.588. The van der Waals surface area contributed by atoms with Gasteiger partial charge in [-0.1, -0.05) is 37.3 Å². The summed E-state index contributed by atoms with van der Waals surface area (Å²) in [5.74, 6) is 0.0853. The van der Waals surface area contributed by atoms with Gasteiger partial charge in [-0.15, -0.1) is 0 Å². The molecule has 1 fully saturated rings. The molecular weight excluding hydrogens is 262 g/mol. The summed E-state index contributed by atoms with van der Waals surface area (Å²) in [6.07, 6.45) is 3.93. The van der Waals surface area contributed by atoms with Crippen LogP contribution >= 0.6 is 0 Å². The van der Waals surface area contributed by atoms with Gasteiger partial charge in [0.1, 0.15) is 0 Å². The van der Waals surface area contributed by atoms with Gasteiger partial charge >= 0.3 is 0 Å². The van der Waals surface area contributed by atoms with Crippen LogP contribution in [-0.4, -0.2) is 42.5 Å². The van der Waals surface area contributed by atoms with Crippen molar-refractivity contribution in [3.8, 4) is 0 Å². The second-order valence-corrected chi connectivity index (χ2v) is 5.83. The van der Waals surface area contributed by atoms with Crippen molar-refractivity contribution >= 4 is 5.91 Å². The third kappa shape index (κ3) is 4.83. The number of carbonyl (C=O) groups excluding carboxylic acids is 1. The minimum atomic E-state index is -0.373. The molecule has 0 saturated carbocycles. The fourth-order valence-corrected chi connectivity index (χ4v) is 2.79. The molecule has 1 aromatic rings. The van der Waals surface area contributed by atoms with E-state index < -0.39 is 0 Å². The Morgan fingerprint density at radius 3 is 2.81 bits per heavy atom. The molecule has 0 spiro atoms. The number of rotatable bonds is 7. The average molecular weight is 289 g/mol. The second kappa shape index (κ2) is 8.15. The molecule has 1 aliphatic heterocycles. The number of carbonyl (C=O) groups is 1. The molecule has 1 aliphatic rings. The zero-order chi connectivity index (χ0) is 15.1. The molecule has 4 nitrogen and oxygen atoms in total. The lowest BCUT2D eigenvalue weighted by atomic mass is 10.1. The maximum absolute atomic E-state index is 12.5. The van der Waals surface area contributed by atoms with Gasteiger partial charge in [-0.05, 0) is 37.8 Å². The molecule has 2 rings (SSSR count). The number of hydrogen-bond donors (Lipinski definition) is 2. The monoisotopic (exact) mass is 289 g/mol. The number of nitrogens with one attached hydrogen (secondary N) is 1. The Bertz CT molecular complexity index is 429. The summed E-state index contributed by atoms with van der Waals surface area (Å²) in [5.41, 5.74) is 7.21. The molecule has 0 unspecified atom stereocenters. The Morgan fingerprint density at radius 2 is 2.19 bits per heavy atom. The van der Waals surface area contributed by atoms with E-state index in [9.17, 15) is 4.79 Å². The largest absolute Gasteiger partial charge is 0.339 e. The van der Waals surface area contributed by atoms with Crippen molar-refractivity contribution in [3.63, 3.8) is 0 Å². The van der Waals surface area contributed by atoms with Crippen molar-refractivity contribution in [2.24, 2.45) is 5.73 Å². The van der Waals surface area contributed by atoms with Gasteiger partial charge in [0.15, 0.2) is 0 Å². The molecule has 4 heteroatoms. The third-order valence-electron chi connectivity index (χ3n) is 4.19. The van der Waals surface area contributed by atoms with E-state index in [-0.39, 0.29) is 11.9 Å². The van der Waals surface area contributed by atoms with Crippen LogP contribution in [0.15, 0.2) is 30.3 Å². The molecule has 2 atom stereocenters. The second-order valence-electron chi connectivity index (χ2n) is 5.83. The molecule has 1 aromatic carbocycles. The van der Waals surface area contributed by atoms with E-state index in [1.165, 1.54) is 12.0 Å². The van der Waals surface area contributed by atoms with E-state index in [1.807, 2.05) is 30.0 Å². The average Bonchev–Trinajstić information content (AvgIpc) is 3.04. The number of benzene rings is 1. The van der Waals surface area contributed by atoms with Crippen LogP contribution in [0.3, 0.4) is 0 Å². The maximum atomic E-state index is 12.5. The Balaban J connectivity index is 1.95. The molecule has 0 aromatic heterocycles. The zero-order valence-electron chi connectivity index (χ0n) is 12.9. The highest BCUT2D eigenvalue weighted by Gasteiger charge is 2.24. The highest BCUT2D eigenvalue weighted by molar-refractivity contribution is 5.81.